The average molecular weight is 1840 g/mol. The van der Waals surface area contributed by atoms with E-state index in [0.29, 0.717) is 64.6 Å². The molecule has 0 bridgehead atoms. The van der Waals surface area contributed by atoms with Crippen molar-refractivity contribution in [3.05, 3.63) is 348 Å². The summed E-state index contributed by atoms with van der Waals surface area (Å²) in [6.45, 7) is 41.4. The largest absolute Gasteiger partial charge is 0.543 e. The number of Topliss-reactive ketones (excluding diaryl/α,β-unsaturated/α-hetero) is 3. The van der Waals surface area contributed by atoms with Crippen LogP contribution in [0.2, 0.25) is 36.3 Å². The van der Waals surface area contributed by atoms with Gasteiger partial charge in [0.05, 0.1) is 59.8 Å². The molecule has 129 heavy (non-hydrogen) atoms. The number of aliphatic hydroxyl groups excluding tert-OH is 1. The zero-order chi connectivity index (χ0) is 96.9. The summed E-state index contributed by atoms with van der Waals surface area (Å²) < 4.78 is 133. The second-order valence-corrected chi connectivity index (χ2v) is 47.8. The van der Waals surface area contributed by atoms with E-state index in [1.54, 1.807) is 42.5 Å². The predicted octanol–water partition coefficient (Wildman–Crippen LogP) is 26.7. The minimum absolute atomic E-state index is 0.0573. The number of benzene rings is 9. The highest BCUT2D eigenvalue weighted by molar-refractivity contribution is 6.75. The second-order valence-electron chi connectivity index (χ2n) is 38.0. The topological polar surface area (TPSA) is 274 Å². The van der Waals surface area contributed by atoms with Crippen LogP contribution in [0.3, 0.4) is 0 Å². The van der Waals surface area contributed by atoms with Crippen LogP contribution >= 0.6 is 11.6 Å². The molecule has 0 saturated carbocycles. The third-order valence-electron chi connectivity index (χ3n) is 24.2. The van der Waals surface area contributed by atoms with Crippen LogP contribution in [0.4, 0.5) is 56.6 Å². The highest BCUT2D eigenvalue weighted by Crippen LogP contribution is 2.51. The Morgan fingerprint density at radius 3 is 1.32 bits per heavy atom. The van der Waals surface area contributed by atoms with Crippen LogP contribution in [0.15, 0.2) is 176 Å². The summed E-state index contributed by atoms with van der Waals surface area (Å²) in [5.74, 6) is -5.28. The standard InChI is InChI=1S/C17H25FOSi.C15H21FOSi.C11H12FNO3.C11H10FNO3.C11H10FNO2.C11H11FO.C9H7FO.C7H4ClFO.C7H5FO2/c1-16(2,3)20(6,7)19-14-11-17(4,5)12-9-8-10-13(18)15(12)14;1-15(2,3)18(4,5)17-13-10-9-11-7-6-8-12(16)14(11)13;2*1-11(2)5-8(14)9-6(11)3-4-7(10(9)12)13(15)16;1-11(2)6-5-7-8(11)3-4-9(10(7)12)13(14)15;1-11(2)6-9(13)10-7(11)4-3-5-8(10)12;10-7-3-1-2-6-4-5-8(11)9(6)7;8-7(10)5-3-1-2-4-6(5)9;8-6-4-2-1-3-5(6)7(9)10/h8-11H,1-7H3;6-8,10H,9H2,1-5H3;3-4,8,14H,5H2,1-2H3;3-4H,5H2,1-2H3;3-6H,1-2H3;3-5H,6H2,1-2H3;1-3H,4-5H2;1-4H;1-4H,(H,9,10). The van der Waals surface area contributed by atoms with E-state index in [1.807, 2.05) is 91.8 Å². The molecule has 0 aromatic heterocycles. The highest BCUT2D eigenvalue weighted by Gasteiger charge is 2.46. The summed E-state index contributed by atoms with van der Waals surface area (Å²) in [7, 11) is -3.86. The quantitative estimate of drug-likeness (QED) is 0.0447. The van der Waals surface area contributed by atoms with Crippen molar-refractivity contribution in [1.82, 2.24) is 0 Å². The molecule has 9 aromatic rings. The number of nitro groups is 3. The van der Waals surface area contributed by atoms with Gasteiger partial charge in [0.2, 0.25) is 34.1 Å². The molecule has 1 unspecified atom stereocenters. The lowest BCUT2D eigenvalue weighted by Crippen LogP contribution is -2.40. The summed E-state index contributed by atoms with van der Waals surface area (Å²) in [4.78, 5) is 84.1. The minimum Gasteiger partial charge on any atom is -0.543 e. The molecule has 0 radical (unpaired) electrons. The van der Waals surface area contributed by atoms with Gasteiger partial charge in [-0.15, -0.1) is 0 Å². The molecule has 7 aliphatic carbocycles. The fraction of sp³-hybridized carbons (Fsp3) is 0.343. The highest BCUT2D eigenvalue weighted by atomic mass is 35.5. The lowest BCUT2D eigenvalue weighted by Gasteiger charge is -2.37. The summed E-state index contributed by atoms with van der Waals surface area (Å²) in [5, 5.41) is 49.2. The van der Waals surface area contributed by atoms with Crippen LogP contribution in [-0.2, 0) is 48.8 Å². The number of aryl methyl sites for hydroxylation is 1. The fourth-order valence-electron chi connectivity index (χ4n) is 15.1. The molecule has 0 amide bonds. The Labute approximate surface area is 751 Å². The van der Waals surface area contributed by atoms with Crippen LogP contribution in [-0.4, -0.2) is 70.2 Å². The molecular formula is C99H105ClF9N3O15Si2. The monoisotopic (exact) mass is 1840 g/mol. The van der Waals surface area contributed by atoms with Crippen molar-refractivity contribution in [3.63, 3.8) is 0 Å². The Hall–Kier alpha value is -11.8. The third-order valence-corrected chi connectivity index (χ3v) is 33.1. The maximum absolute atomic E-state index is 14.3. The van der Waals surface area contributed by atoms with E-state index in [1.165, 1.54) is 78.9 Å². The maximum atomic E-state index is 14.3. The Morgan fingerprint density at radius 1 is 0.442 bits per heavy atom. The van der Waals surface area contributed by atoms with Gasteiger partial charge in [-0.05, 0) is 183 Å². The van der Waals surface area contributed by atoms with E-state index < -0.39 is 100 Å². The van der Waals surface area contributed by atoms with Gasteiger partial charge in [-0.3, -0.25) is 49.5 Å². The van der Waals surface area contributed by atoms with Crippen molar-refractivity contribution in [2.75, 3.05) is 0 Å². The van der Waals surface area contributed by atoms with Crippen molar-refractivity contribution >= 4 is 91.5 Å². The SMILES string of the molecule is CC(C)(C)[Si](C)(C)OC1=CCc2cccc(F)c21.CC1(C)C=C(O[Si](C)(C)C(C)(C)C)c2c(F)cccc21.CC1(C)C=Cc2c1ccc([N+](=O)[O-])c2F.CC1(C)CC(=O)c2c(F)cccc21.CC1(C)CC(=O)c2c1ccc([N+](=O)[O-])c2F.CC1(C)CC(O)c2c1ccc([N+](=O)[O-])c2F.O=C(Cl)c1ccccc1F.O=C(O)c1ccccc1F.O=C1CCc2cccc(F)c21. The average Bonchev–Trinajstić information content (AvgIpc) is 1.65. The first kappa shape index (κ1) is 103. The van der Waals surface area contributed by atoms with Gasteiger partial charge in [0.25, 0.3) is 5.24 Å². The number of carboxylic acid groups (broad SMARTS) is 1. The van der Waals surface area contributed by atoms with Gasteiger partial charge in [-0.1, -0.05) is 214 Å². The zero-order valence-electron chi connectivity index (χ0n) is 75.5. The molecule has 30 heteroatoms. The molecule has 16 rings (SSSR count). The van der Waals surface area contributed by atoms with Crippen molar-refractivity contribution in [2.24, 2.45) is 0 Å². The van der Waals surface area contributed by atoms with E-state index in [4.69, 9.17) is 25.6 Å². The van der Waals surface area contributed by atoms with Crippen LogP contribution in [0, 0.1) is 82.7 Å². The van der Waals surface area contributed by atoms with E-state index in [0.717, 1.165) is 64.0 Å². The molecule has 0 saturated heterocycles. The number of rotatable bonds is 9. The summed E-state index contributed by atoms with van der Waals surface area (Å²) in [5.41, 5.74) is 4.57. The Morgan fingerprint density at radius 2 is 0.853 bits per heavy atom. The molecule has 0 fully saturated rings. The van der Waals surface area contributed by atoms with E-state index >= 15 is 0 Å². The summed E-state index contributed by atoms with van der Waals surface area (Å²) in [6, 6.07) is 39.1. The number of carbonyl (C=O) groups excluding carboxylic acids is 4. The number of nitrogens with zero attached hydrogens (tertiary/aromatic N) is 3. The van der Waals surface area contributed by atoms with Gasteiger partial charge >= 0.3 is 23.0 Å². The molecule has 684 valence electrons. The normalized spacial score (nSPS) is 16.3. The molecule has 2 N–H and O–H groups in total. The van der Waals surface area contributed by atoms with E-state index in [9.17, 15) is 98.9 Å². The lowest BCUT2D eigenvalue weighted by molar-refractivity contribution is -0.387. The molecule has 0 aliphatic heterocycles. The molecular weight excluding hydrogens is 1730 g/mol. The Kier molecular flexibility index (Phi) is 31.5. The van der Waals surface area contributed by atoms with Crippen molar-refractivity contribution in [3.8, 4) is 0 Å². The number of fused-ring (bicyclic) bond motifs is 7. The van der Waals surface area contributed by atoms with Crippen LogP contribution in [0.5, 0.6) is 0 Å². The number of carbonyl (C=O) groups is 5. The number of aliphatic hydroxyl groups is 1. The van der Waals surface area contributed by atoms with Gasteiger partial charge < -0.3 is 19.1 Å². The number of halogens is 10. The maximum Gasteiger partial charge on any atom is 0.338 e. The summed E-state index contributed by atoms with van der Waals surface area (Å²) in [6.07, 6.45) is 9.53. The Balaban J connectivity index is 0.000000181. The van der Waals surface area contributed by atoms with Crippen molar-refractivity contribution in [2.45, 2.75) is 219 Å². The Bertz CT molecular complexity index is 5950. The van der Waals surface area contributed by atoms with Gasteiger partial charge in [-0.2, -0.15) is 13.2 Å². The molecule has 1 atom stereocenters. The molecule has 7 aliphatic rings. The van der Waals surface area contributed by atoms with Crippen LogP contribution < -0.4 is 0 Å². The first-order valence-corrected chi connectivity index (χ1v) is 47.5. The van der Waals surface area contributed by atoms with Gasteiger partial charge in [0.1, 0.15) is 46.4 Å². The van der Waals surface area contributed by atoms with Gasteiger partial charge in [0.15, 0.2) is 17.3 Å². The second kappa shape index (κ2) is 39.7. The fourth-order valence-corrected chi connectivity index (χ4v) is 17.3. The van der Waals surface area contributed by atoms with Gasteiger partial charge in [-0.25, -0.2) is 31.1 Å². The number of carboxylic acids is 1. The molecule has 18 nitrogen and oxygen atoms in total. The third kappa shape index (κ3) is 23.3. The first-order valence-electron chi connectivity index (χ1n) is 41.3. The zero-order valence-corrected chi connectivity index (χ0v) is 78.2. The van der Waals surface area contributed by atoms with Gasteiger partial charge in [0, 0.05) is 59.4 Å². The predicted molar refractivity (Wildman–Crippen MR) is 485 cm³/mol. The number of nitro benzene ring substituents is 3. The van der Waals surface area contributed by atoms with E-state index in [-0.39, 0.29) is 101 Å². The van der Waals surface area contributed by atoms with Crippen molar-refractivity contribution < 1.29 is 97.3 Å². The number of aromatic carboxylic acids is 1. The molecule has 0 spiro atoms. The number of allylic oxidation sites excluding steroid dienone is 3. The van der Waals surface area contributed by atoms with Crippen LogP contribution in [0.1, 0.15) is 256 Å². The molecule has 9 aromatic carbocycles. The number of ketones is 3. The molecule has 0 heterocycles. The lowest BCUT2D eigenvalue weighted by atomic mass is 9.86. The van der Waals surface area contributed by atoms with E-state index in [2.05, 4.69) is 87.7 Å². The minimum atomic E-state index is -1.96. The number of hydrogen-bond acceptors (Lipinski definition) is 14. The van der Waals surface area contributed by atoms with Crippen LogP contribution in [0.25, 0.3) is 17.6 Å². The van der Waals surface area contributed by atoms with Crippen molar-refractivity contribution in [1.29, 1.82) is 0 Å². The summed E-state index contributed by atoms with van der Waals surface area (Å²) >= 11 is 5.03. The first-order chi connectivity index (χ1) is 59.5. The smallest absolute Gasteiger partial charge is 0.338 e. The number of hydrogen-bond donors (Lipinski definition) is 2.